The lowest BCUT2D eigenvalue weighted by molar-refractivity contribution is -0.0450. The lowest BCUT2D eigenvalue weighted by Crippen LogP contribution is -2.25. The van der Waals surface area contributed by atoms with Gasteiger partial charge in [-0.15, -0.1) is 6.58 Å². The van der Waals surface area contributed by atoms with Crippen molar-refractivity contribution in [3.8, 4) is 0 Å². The van der Waals surface area contributed by atoms with Gasteiger partial charge in [-0.05, 0) is 32.6 Å². The maximum absolute atomic E-state index is 7.62. The average Bonchev–Trinajstić information content (AvgIpc) is 2.50. The van der Waals surface area contributed by atoms with Gasteiger partial charge >= 0.3 is 0 Å². The number of rotatable bonds is 3. The molecule has 2 fully saturated rings. The van der Waals surface area contributed by atoms with E-state index in [9.17, 15) is 0 Å². The van der Waals surface area contributed by atoms with Gasteiger partial charge in [0.05, 0.1) is 25.4 Å². The Morgan fingerprint density at radius 1 is 0.850 bits per heavy atom. The molecule has 0 aromatic heterocycles. The van der Waals surface area contributed by atoms with Gasteiger partial charge < -0.3 is 14.9 Å². The highest BCUT2D eigenvalue weighted by atomic mass is 16.5. The van der Waals surface area contributed by atoms with Gasteiger partial charge in [-0.25, -0.2) is 0 Å². The summed E-state index contributed by atoms with van der Waals surface area (Å²) in [7, 11) is 0. The Hall–Kier alpha value is -0.380. The molecule has 20 heavy (non-hydrogen) atoms. The Balaban J connectivity index is 0.000000438. The second kappa shape index (κ2) is 15.0. The van der Waals surface area contributed by atoms with E-state index in [-0.39, 0.29) is 13.2 Å². The first-order valence-electron chi connectivity index (χ1n) is 8.22. The predicted molar refractivity (Wildman–Crippen MR) is 84.9 cm³/mol. The molecule has 0 amide bonds. The van der Waals surface area contributed by atoms with Gasteiger partial charge in [0, 0.05) is 0 Å². The highest BCUT2D eigenvalue weighted by Gasteiger charge is 2.20. The molecule has 0 aromatic rings. The van der Waals surface area contributed by atoms with Gasteiger partial charge in [0.2, 0.25) is 0 Å². The molecule has 0 atom stereocenters. The SMILES string of the molecule is C1CCC(OC2CCCCC2)CC1.C=CC.OCCO. The van der Waals surface area contributed by atoms with Crippen LogP contribution in [0.25, 0.3) is 0 Å². The Labute approximate surface area is 125 Å². The largest absolute Gasteiger partial charge is 0.394 e. The van der Waals surface area contributed by atoms with Crippen molar-refractivity contribution in [1.29, 1.82) is 0 Å². The van der Waals surface area contributed by atoms with E-state index in [1.807, 2.05) is 6.92 Å². The average molecular weight is 286 g/mol. The molecule has 0 saturated heterocycles. The molecule has 0 aliphatic heterocycles. The summed E-state index contributed by atoms with van der Waals surface area (Å²) in [5.41, 5.74) is 0. The zero-order valence-electron chi connectivity index (χ0n) is 13.2. The van der Waals surface area contributed by atoms with Gasteiger partial charge in [0.1, 0.15) is 0 Å². The molecule has 0 radical (unpaired) electrons. The molecule has 2 aliphatic rings. The first kappa shape index (κ1) is 19.6. The van der Waals surface area contributed by atoms with E-state index in [4.69, 9.17) is 14.9 Å². The van der Waals surface area contributed by atoms with Gasteiger partial charge in [-0.2, -0.15) is 0 Å². The number of allylic oxidation sites excluding steroid dienone is 1. The van der Waals surface area contributed by atoms with Crippen molar-refractivity contribution >= 4 is 0 Å². The molecule has 0 unspecified atom stereocenters. The normalized spacial score (nSPS) is 20.1. The van der Waals surface area contributed by atoms with Crippen molar-refractivity contribution in [3.63, 3.8) is 0 Å². The summed E-state index contributed by atoms with van der Waals surface area (Å²) in [5, 5.41) is 15.2. The van der Waals surface area contributed by atoms with Crippen LogP contribution in [0, 0.1) is 0 Å². The summed E-state index contributed by atoms with van der Waals surface area (Å²) in [6.07, 6.45) is 16.8. The Kier molecular flexibility index (Phi) is 14.7. The van der Waals surface area contributed by atoms with E-state index in [2.05, 4.69) is 6.58 Å². The fraction of sp³-hybridized carbons (Fsp3) is 0.882. The topological polar surface area (TPSA) is 49.7 Å². The first-order chi connectivity index (χ1) is 9.78. The molecule has 2 saturated carbocycles. The van der Waals surface area contributed by atoms with Crippen LogP contribution in [0.4, 0.5) is 0 Å². The van der Waals surface area contributed by atoms with Crippen LogP contribution in [0.15, 0.2) is 12.7 Å². The fourth-order valence-corrected chi connectivity index (χ4v) is 2.67. The van der Waals surface area contributed by atoms with Gasteiger partial charge in [0.25, 0.3) is 0 Å². The molecule has 120 valence electrons. The van der Waals surface area contributed by atoms with Crippen LogP contribution in [-0.4, -0.2) is 35.6 Å². The summed E-state index contributed by atoms with van der Waals surface area (Å²) in [5.74, 6) is 0. The Morgan fingerprint density at radius 2 is 1.15 bits per heavy atom. The van der Waals surface area contributed by atoms with Crippen LogP contribution < -0.4 is 0 Å². The summed E-state index contributed by atoms with van der Waals surface area (Å²) in [6, 6.07) is 0. The maximum Gasteiger partial charge on any atom is 0.0662 e. The second-order valence-corrected chi connectivity index (χ2v) is 5.51. The van der Waals surface area contributed by atoms with Crippen molar-refractivity contribution in [1.82, 2.24) is 0 Å². The van der Waals surface area contributed by atoms with Crippen LogP contribution in [0.5, 0.6) is 0 Å². The van der Waals surface area contributed by atoms with Crippen molar-refractivity contribution in [2.24, 2.45) is 0 Å². The van der Waals surface area contributed by atoms with Crippen LogP contribution in [-0.2, 0) is 4.74 Å². The lowest BCUT2D eigenvalue weighted by atomic mass is 9.95. The zero-order valence-corrected chi connectivity index (χ0v) is 13.2. The summed E-state index contributed by atoms with van der Waals surface area (Å²) in [4.78, 5) is 0. The van der Waals surface area contributed by atoms with E-state index in [0.717, 1.165) is 0 Å². The fourth-order valence-electron chi connectivity index (χ4n) is 2.67. The summed E-state index contributed by atoms with van der Waals surface area (Å²) < 4.78 is 6.13. The van der Waals surface area contributed by atoms with E-state index >= 15 is 0 Å². The minimum absolute atomic E-state index is 0.125. The second-order valence-electron chi connectivity index (χ2n) is 5.51. The van der Waals surface area contributed by atoms with Crippen LogP contribution in [0.1, 0.15) is 71.1 Å². The molecule has 3 nitrogen and oxygen atoms in total. The minimum atomic E-state index is -0.125. The zero-order chi connectivity index (χ0) is 15.1. The highest BCUT2D eigenvalue weighted by Crippen LogP contribution is 2.26. The van der Waals surface area contributed by atoms with Gasteiger partial charge in [-0.3, -0.25) is 0 Å². The van der Waals surface area contributed by atoms with Crippen LogP contribution in [0.2, 0.25) is 0 Å². The Bertz CT molecular complexity index is 176. The molecular formula is C17H34O3. The molecule has 2 rings (SSSR count). The lowest BCUT2D eigenvalue weighted by Gasteiger charge is -2.29. The number of aliphatic hydroxyl groups is 2. The van der Waals surface area contributed by atoms with E-state index in [1.54, 1.807) is 6.08 Å². The van der Waals surface area contributed by atoms with Crippen molar-refractivity contribution in [3.05, 3.63) is 12.7 Å². The van der Waals surface area contributed by atoms with E-state index < -0.39 is 0 Å². The minimum Gasteiger partial charge on any atom is -0.394 e. The summed E-state index contributed by atoms with van der Waals surface area (Å²) >= 11 is 0. The first-order valence-corrected chi connectivity index (χ1v) is 8.22. The third-order valence-corrected chi connectivity index (χ3v) is 3.59. The number of hydrogen-bond acceptors (Lipinski definition) is 3. The molecule has 0 aromatic carbocycles. The molecule has 0 bridgehead atoms. The quantitative estimate of drug-likeness (QED) is 0.775. The van der Waals surface area contributed by atoms with Crippen molar-refractivity contribution in [2.75, 3.05) is 13.2 Å². The van der Waals surface area contributed by atoms with E-state index in [1.165, 1.54) is 64.2 Å². The molecule has 0 heterocycles. The van der Waals surface area contributed by atoms with Gasteiger partial charge in [-0.1, -0.05) is 44.6 Å². The third kappa shape index (κ3) is 11.4. The Morgan fingerprint density at radius 3 is 1.40 bits per heavy atom. The smallest absolute Gasteiger partial charge is 0.0662 e. The monoisotopic (exact) mass is 286 g/mol. The molecule has 0 spiro atoms. The standard InChI is InChI=1S/C12H22O.C3H6.C2H6O2/c1-3-7-11(8-4-1)13-12-9-5-2-6-10-12;1-3-2;3-1-2-4/h11-12H,1-10H2;3H,1H2,2H3;3-4H,1-2H2. The number of ether oxygens (including phenoxy) is 1. The molecule has 3 heteroatoms. The number of hydrogen-bond donors (Lipinski definition) is 2. The van der Waals surface area contributed by atoms with Crippen molar-refractivity contribution < 1.29 is 14.9 Å². The molecular weight excluding hydrogens is 252 g/mol. The van der Waals surface area contributed by atoms with Crippen molar-refractivity contribution in [2.45, 2.75) is 83.3 Å². The predicted octanol–water partition coefficient (Wildman–Crippen LogP) is 3.83. The molecule has 2 aliphatic carbocycles. The number of aliphatic hydroxyl groups excluding tert-OH is 2. The molecule has 2 N–H and O–H groups in total. The van der Waals surface area contributed by atoms with Gasteiger partial charge in [0.15, 0.2) is 0 Å². The van der Waals surface area contributed by atoms with Crippen LogP contribution in [0.3, 0.4) is 0 Å². The maximum atomic E-state index is 7.62. The van der Waals surface area contributed by atoms with Crippen LogP contribution >= 0.6 is 0 Å². The van der Waals surface area contributed by atoms with E-state index in [0.29, 0.717) is 12.2 Å². The summed E-state index contributed by atoms with van der Waals surface area (Å²) in [6.45, 7) is 5.00. The highest BCUT2D eigenvalue weighted by molar-refractivity contribution is 4.71. The third-order valence-electron chi connectivity index (χ3n) is 3.59.